The molecule has 3 N–H and O–H groups in total. The van der Waals surface area contributed by atoms with E-state index in [0.717, 1.165) is 12.8 Å². The average Bonchev–Trinajstić information content (AvgIpc) is 2.30. The van der Waals surface area contributed by atoms with E-state index in [9.17, 15) is 8.42 Å². The lowest BCUT2D eigenvalue weighted by Crippen LogP contribution is -2.46. The number of hydrogen-bond acceptors (Lipinski definition) is 4. The van der Waals surface area contributed by atoms with Crippen molar-refractivity contribution in [1.82, 2.24) is 4.31 Å². The molecule has 0 radical (unpaired) electrons. The van der Waals surface area contributed by atoms with Crippen LogP contribution in [0.5, 0.6) is 0 Å². The second kappa shape index (κ2) is 5.95. The molecule has 0 aromatic carbocycles. The maximum Gasteiger partial charge on any atom is 0.218 e. The smallest absolute Gasteiger partial charge is 0.218 e. The molecule has 0 aromatic heterocycles. The van der Waals surface area contributed by atoms with Gasteiger partial charge in [-0.2, -0.15) is 0 Å². The van der Waals surface area contributed by atoms with Crippen LogP contribution in [0.15, 0.2) is 0 Å². The molecule has 96 valence electrons. The topological polar surface area (TPSA) is 83.6 Å². The lowest BCUT2D eigenvalue weighted by molar-refractivity contribution is 0.169. The largest absolute Gasteiger partial charge is 0.396 e. The van der Waals surface area contributed by atoms with Gasteiger partial charge < -0.3 is 10.8 Å². The van der Waals surface area contributed by atoms with Gasteiger partial charge in [0.1, 0.15) is 0 Å². The molecule has 16 heavy (non-hydrogen) atoms. The van der Waals surface area contributed by atoms with Crippen LogP contribution in [0.2, 0.25) is 0 Å². The van der Waals surface area contributed by atoms with Crippen LogP contribution in [0.1, 0.15) is 26.2 Å². The molecule has 1 saturated heterocycles. The van der Waals surface area contributed by atoms with Gasteiger partial charge in [0.05, 0.1) is 5.25 Å². The van der Waals surface area contributed by atoms with Gasteiger partial charge in [-0.05, 0) is 25.2 Å². The highest BCUT2D eigenvalue weighted by Crippen LogP contribution is 2.21. The summed E-state index contributed by atoms with van der Waals surface area (Å²) in [7, 11) is -3.23. The molecular weight excluding hydrogens is 228 g/mol. The Labute approximate surface area is 97.7 Å². The number of hydrogen-bond donors (Lipinski definition) is 2. The van der Waals surface area contributed by atoms with Crippen LogP contribution in [-0.2, 0) is 10.0 Å². The molecule has 1 aliphatic heterocycles. The highest BCUT2D eigenvalue weighted by Gasteiger charge is 2.32. The predicted molar refractivity (Wildman–Crippen MR) is 63.4 cm³/mol. The van der Waals surface area contributed by atoms with Gasteiger partial charge in [0, 0.05) is 26.2 Å². The number of nitrogens with zero attached hydrogens (tertiary/aromatic N) is 1. The first kappa shape index (κ1) is 13.9. The summed E-state index contributed by atoms with van der Waals surface area (Å²) >= 11 is 0. The lowest BCUT2D eigenvalue weighted by Gasteiger charge is -2.32. The summed E-state index contributed by atoms with van der Waals surface area (Å²) in [4.78, 5) is 0. The zero-order valence-corrected chi connectivity index (χ0v) is 10.6. The minimum atomic E-state index is -3.23. The molecular formula is C10H22N2O3S. The maximum absolute atomic E-state index is 12.1. The Balaban J connectivity index is 2.64. The van der Waals surface area contributed by atoms with E-state index in [2.05, 4.69) is 0 Å². The van der Waals surface area contributed by atoms with E-state index in [1.54, 1.807) is 0 Å². The molecule has 1 unspecified atom stereocenters. The van der Waals surface area contributed by atoms with Crippen molar-refractivity contribution in [3.8, 4) is 0 Å². The van der Waals surface area contributed by atoms with E-state index >= 15 is 0 Å². The highest BCUT2D eigenvalue weighted by atomic mass is 32.2. The van der Waals surface area contributed by atoms with Gasteiger partial charge >= 0.3 is 0 Å². The zero-order valence-electron chi connectivity index (χ0n) is 9.80. The van der Waals surface area contributed by atoms with Gasteiger partial charge in [0.25, 0.3) is 0 Å². The van der Waals surface area contributed by atoms with E-state index in [0.29, 0.717) is 19.5 Å². The third-order valence-electron chi connectivity index (χ3n) is 3.33. The van der Waals surface area contributed by atoms with Gasteiger partial charge in [0.2, 0.25) is 10.0 Å². The van der Waals surface area contributed by atoms with Crippen LogP contribution >= 0.6 is 0 Å². The summed E-state index contributed by atoms with van der Waals surface area (Å²) in [6.45, 7) is 3.21. The van der Waals surface area contributed by atoms with Gasteiger partial charge in [-0.3, -0.25) is 0 Å². The zero-order chi connectivity index (χ0) is 12.2. The Morgan fingerprint density at radius 2 is 2.00 bits per heavy atom. The minimum Gasteiger partial charge on any atom is -0.396 e. The summed E-state index contributed by atoms with van der Waals surface area (Å²) in [5.41, 5.74) is 5.48. The molecule has 0 saturated carbocycles. The molecule has 1 rings (SSSR count). The SMILES string of the molecule is CCC(CN)S(=O)(=O)N1CCC(CO)CC1. The molecule has 1 atom stereocenters. The second-order valence-electron chi connectivity index (χ2n) is 4.34. The average molecular weight is 250 g/mol. The van der Waals surface area contributed by atoms with Crippen molar-refractivity contribution in [1.29, 1.82) is 0 Å². The Morgan fingerprint density at radius 1 is 1.44 bits per heavy atom. The third-order valence-corrected chi connectivity index (χ3v) is 5.78. The van der Waals surface area contributed by atoms with E-state index in [-0.39, 0.29) is 19.1 Å². The summed E-state index contributed by atoms with van der Waals surface area (Å²) in [5, 5.41) is 8.53. The van der Waals surface area contributed by atoms with E-state index in [1.165, 1.54) is 4.31 Å². The molecule has 1 fully saturated rings. The molecule has 0 bridgehead atoms. The summed E-state index contributed by atoms with van der Waals surface area (Å²) in [5.74, 6) is 0.254. The van der Waals surface area contributed by atoms with Crippen molar-refractivity contribution in [3.05, 3.63) is 0 Å². The number of aliphatic hydroxyl groups is 1. The van der Waals surface area contributed by atoms with Crippen molar-refractivity contribution < 1.29 is 13.5 Å². The van der Waals surface area contributed by atoms with Gasteiger partial charge in [-0.1, -0.05) is 6.92 Å². The number of rotatable bonds is 5. The Hall–Kier alpha value is -0.170. The molecule has 0 amide bonds. The number of piperidine rings is 1. The van der Waals surface area contributed by atoms with Crippen molar-refractivity contribution in [2.45, 2.75) is 31.4 Å². The fourth-order valence-corrected chi connectivity index (χ4v) is 3.86. The highest BCUT2D eigenvalue weighted by molar-refractivity contribution is 7.89. The van der Waals surface area contributed by atoms with Gasteiger partial charge in [-0.15, -0.1) is 0 Å². The lowest BCUT2D eigenvalue weighted by atomic mass is 10.00. The Bertz CT molecular complexity index is 293. The van der Waals surface area contributed by atoms with Crippen molar-refractivity contribution >= 4 is 10.0 Å². The number of aliphatic hydroxyl groups excluding tert-OH is 1. The first-order chi connectivity index (χ1) is 7.56. The van der Waals surface area contributed by atoms with Crippen molar-refractivity contribution in [2.24, 2.45) is 11.7 Å². The second-order valence-corrected chi connectivity index (χ2v) is 6.55. The van der Waals surface area contributed by atoms with Crippen LogP contribution < -0.4 is 5.73 Å². The monoisotopic (exact) mass is 250 g/mol. The standard InChI is InChI=1S/C10H22N2O3S/c1-2-10(7-11)16(14,15)12-5-3-9(8-13)4-6-12/h9-10,13H,2-8,11H2,1H3. The molecule has 5 nitrogen and oxygen atoms in total. The Kier molecular flexibility index (Phi) is 5.17. The van der Waals surface area contributed by atoms with E-state index in [1.807, 2.05) is 6.92 Å². The van der Waals surface area contributed by atoms with Crippen molar-refractivity contribution in [2.75, 3.05) is 26.2 Å². The fraction of sp³-hybridized carbons (Fsp3) is 1.00. The summed E-state index contributed by atoms with van der Waals surface area (Å²) < 4.78 is 25.8. The molecule has 0 spiro atoms. The first-order valence-electron chi connectivity index (χ1n) is 5.86. The quantitative estimate of drug-likeness (QED) is 0.705. The van der Waals surface area contributed by atoms with E-state index < -0.39 is 15.3 Å². The minimum absolute atomic E-state index is 0.155. The van der Waals surface area contributed by atoms with Crippen LogP contribution in [0.3, 0.4) is 0 Å². The molecule has 0 aromatic rings. The number of sulfonamides is 1. The molecule has 1 aliphatic rings. The third kappa shape index (κ3) is 2.94. The molecule has 1 heterocycles. The predicted octanol–water partition coefficient (Wildman–Crippen LogP) is -0.242. The summed E-state index contributed by atoms with van der Waals surface area (Å²) in [6.07, 6.45) is 2.05. The maximum atomic E-state index is 12.1. The summed E-state index contributed by atoms with van der Waals surface area (Å²) in [6, 6.07) is 0. The van der Waals surface area contributed by atoms with Crippen LogP contribution in [-0.4, -0.2) is 49.3 Å². The normalized spacial score (nSPS) is 22.2. The fourth-order valence-electron chi connectivity index (χ4n) is 2.06. The van der Waals surface area contributed by atoms with E-state index in [4.69, 9.17) is 10.8 Å². The molecule has 0 aliphatic carbocycles. The number of nitrogens with two attached hydrogens (primary N) is 1. The van der Waals surface area contributed by atoms with Crippen LogP contribution in [0.4, 0.5) is 0 Å². The Morgan fingerprint density at radius 3 is 2.38 bits per heavy atom. The molecule has 6 heteroatoms. The van der Waals surface area contributed by atoms with Crippen molar-refractivity contribution in [3.63, 3.8) is 0 Å². The van der Waals surface area contributed by atoms with Crippen LogP contribution in [0, 0.1) is 5.92 Å². The van der Waals surface area contributed by atoms with Crippen LogP contribution in [0.25, 0.3) is 0 Å². The van der Waals surface area contributed by atoms with Gasteiger partial charge in [-0.25, -0.2) is 12.7 Å². The first-order valence-corrected chi connectivity index (χ1v) is 7.36. The van der Waals surface area contributed by atoms with Gasteiger partial charge in [0.15, 0.2) is 0 Å².